The molecule has 160 valence electrons. The van der Waals surface area contributed by atoms with Crippen molar-refractivity contribution >= 4 is 33.7 Å². The predicted molar refractivity (Wildman–Crippen MR) is 112 cm³/mol. The molecule has 7 nitrogen and oxygen atoms in total. The molecule has 0 saturated carbocycles. The number of hydrogen-bond acceptors (Lipinski definition) is 5. The number of esters is 1. The molecule has 2 aromatic rings. The van der Waals surface area contributed by atoms with Gasteiger partial charge < -0.3 is 10.1 Å². The Morgan fingerprint density at radius 3 is 2.20 bits per heavy atom. The highest BCUT2D eigenvalue weighted by atomic mass is 32.2. The zero-order valence-corrected chi connectivity index (χ0v) is 17.5. The van der Waals surface area contributed by atoms with Crippen LogP contribution in [0.4, 0.5) is 10.1 Å². The van der Waals surface area contributed by atoms with Gasteiger partial charge in [0.15, 0.2) is 6.61 Å². The Hall–Kier alpha value is -3.04. The number of carbonyl (C=O) groups excluding carboxylic acids is 2. The summed E-state index contributed by atoms with van der Waals surface area (Å²) in [7, 11) is -3.54. The van der Waals surface area contributed by atoms with E-state index in [0.717, 1.165) is 6.08 Å². The molecular formula is C21H23FN2O5S. The average molecular weight is 434 g/mol. The van der Waals surface area contributed by atoms with Crippen LogP contribution in [0.1, 0.15) is 19.4 Å². The third kappa shape index (κ3) is 6.50. The van der Waals surface area contributed by atoms with Gasteiger partial charge in [-0.05, 0) is 48.0 Å². The van der Waals surface area contributed by atoms with E-state index in [-0.39, 0.29) is 4.90 Å². The summed E-state index contributed by atoms with van der Waals surface area (Å²) < 4.78 is 43.9. The molecule has 0 bridgehead atoms. The minimum Gasteiger partial charge on any atom is -0.452 e. The second-order valence-electron chi connectivity index (χ2n) is 6.15. The second kappa shape index (κ2) is 10.7. The van der Waals surface area contributed by atoms with Crippen molar-refractivity contribution in [2.45, 2.75) is 18.7 Å². The third-order valence-electron chi connectivity index (χ3n) is 4.11. The van der Waals surface area contributed by atoms with Crippen molar-refractivity contribution in [1.82, 2.24) is 4.31 Å². The molecule has 2 rings (SSSR count). The fourth-order valence-electron chi connectivity index (χ4n) is 2.54. The van der Waals surface area contributed by atoms with Crippen LogP contribution in [-0.4, -0.2) is 44.3 Å². The molecule has 1 N–H and O–H groups in total. The van der Waals surface area contributed by atoms with Gasteiger partial charge >= 0.3 is 5.97 Å². The van der Waals surface area contributed by atoms with E-state index in [1.807, 2.05) is 0 Å². The van der Waals surface area contributed by atoms with Crippen molar-refractivity contribution < 1.29 is 27.1 Å². The van der Waals surface area contributed by atoms with Crippen LogP contribution in [-0.2, 0) is 24.3 Å². The second-order valence-corrected chi connectivity index (χ2v) is 8.09. The molecule has 0 saturated heterocycles. The Morgan fingerprint density at radius 2 is 1.63 bits per heavy atom. The van der Waals surface area contributed by atoms with Gasteiger partial charge in [0.2, 0.25) is 10.0 Å². The van der Waals surface area contributed by atoms with E-state index in [0.29, 0.717) is 24.3 Å². The number of sulfonamides is 1. The highest BCUT2D eigenvalue weighted by Crippen LogP contribution is 2.16. The maximum absolute atomic E-state index is 12.8. The molecule has 0 aromatic heterocycles. The van der Waals surface area contributed by atoms with Crippen molar-refractivity contribution in [2.75, 3.05) is 25.0 Å². The first kappa shape index (κ1) is 23.2. The van der Waals surface area contributed by atoms with Crippen LogP contribution in [0, 0.1) is 5.82 Å². The monoisotopic (exact) mass is 434 g/mol. The summed E-state index contributed by atoms with van der Waals surface area (Å²) in [6.45, 7) is 3.79. The Morgan fingerprint density at radius 1 is 1.03 bits per heavy atom. The number of carbonyl (C=O) groups is 2. The first-order valence-electron chi connectivity index (χ1n) is 9.26. The van der Waals surface area contributed by atoms with Gasteiger partial charge in [-0.3, -0.25) is 4.79 Å². The Bertz CT molecular complexity index is 999. The lowest BCUT2D eigenvalue weighted by Crippen LogP contribution is -2.30. The van der Waals surface area contributed by atoms with Gasteiger partial charge in [0, 0.05) is 24.9 Å². The lowest BCUT2D eigenvalue weighted by atomic mass is 10.2. The highest BCUT2D eigenvalue weighted by molar-refractivity contribution is 7.89. The quantitative estimate of drug-likeness (QED) is 0.484. The largest absolute Gasteiger partial charge is 0.452 e. The molecule has 0 unspecified atom stereocenters. The van der Waals surface area contributed by atoms with Gasteiger partial charge in [-0.25, -0.2) is 17.6 Å². The zero-order chi connectivity index (χ0) is 22.1. The van der Waals surface area contributed by atoms with E-state index >= 15 is 0 Å². The number of amides is 1. The number of hydrogen-bond donors (Lipinski definition) is 1. The van der Waals surface area contributed by atoms with E-state index in [1.54, 1.807) is 26.0 Å². The molecule has 1 amide bonds. The lowest BCUT2D eigenvalue weighted by Gasteiger charge is -2.18. The standard InChI is InChI=1S/C21H23FN2O5S/c1-3-24(4-2)30(27,28)19-12-5-16(6-13-19)7-14-21(26)29-15-20(25)23-18-10-8-17(22)9-11-18/h5-14H,3-4,15H2,1-2H3,(H,23,25)/b14-7+. The van der Waals surface area contributed by atoms with Gasteiger partial charge in [-0.15, -0.1) is 0 Å². The van der Waals surface area contributed by atoms with Crippen molar-refractivity contribution in [2.24, 2.45) is 0 Å². The smallest absolute Gasteiger partial charge is 0.331 e. The van der Waals surface area contributed by atoms with Crippen LogP contribution in [0.3, 0.4) is 0 Å². The van der Waals surface area contributed by atoms with Gasteiger partial charge in [-0.1, -0.05) is 26.0 Å². The fraction of sp³-hybridized carbons (Fsp3) is 0.238. The summed E-state index contributed by atoms with van der Waals surface area (Å²) in [6, 6.07) is 11.2. The SMILES string of the molecule is CCN(CC)S(=O)(=O)c1ccc(/C=C/C(=O)OCC(=O)Nc2ccc(F)cc2)cc1. The molecule has 0 spiro atoms. The number of anilines is 1. The highest BCUT2D eigenvalue weighted by Gasteiger charge is 2.20. The molecule has 0 aliphatic carbocycles. The molecule has 0 radical (unpaired) electrons. The molecule has 0 aliphatic heterocycles. The van der Waals surface area contributed by atoms with Crippen LogP contribution in [0.5, 0.6) is 0 Å². The molecule has 9 heteroatoms. The number of rotatable bonds is 9. The molecule has 0 atom stereocenters. The Labute approximate surface area is 175 Å². The van der Waals surface area contributed by atoms with E-state index in [4.69, 9.17) is 4.74 Å². The maximum Gasteiger partial charge on any atom is 0.331 e. The Balaban J connectivity index is 1.88. The lowest BCUT2D eigenvalue weighted by molar-refractivity contribution is -0.142. The van der Waals surface area contributed by atoms with Crippen LogP contribution in [0.2, 0.25) is 0 Å². The van der Waals surface area contributed by atoms with E-state index in [9.17, 15) is 22.4 Å². The Kier molecular flexibility index (Phi) is 8.25. The predicted octanol–water partition coefficient (Wildman–Crippen LogP) is 3.05. The van der Waals surface area contributed by atoms with Gasteiger partial charge in [-0.2, -0.15) is 4.31 Å². The van der Waals surface area contributed by atoms with Crippen molar-refractivity contribution in [3.63, 3.8) is 0 Å². The summed E-state index contributed by atoms with van der Waals surface area (Å²) in [4.78, 5) is 23.7. The minimum absolute atomic E-state index is 0.170. The number of nitrogens with one attached hydrogen (secondary N) is 1. The number of benzene rings is 2. The first-order chi connectivity index (χ1) is 14.3. The number of nitrogens with zero attached hydrogens (tertiary/aromatic N) is 1. The van der Waals surface area contributed by atoms with Gasteiger partial charge in [0.1, 0.15) is 5.82 Å². The number of halogens is 1. The van der Waals surface area contributed by atoms with E-state index in [2.05, 4.69) is 5.32 Å². The first-order valence-corrected chi connectivity index (χ1v) is 10.7. The summed E-state index contributed by atoms with van der Waals surface area (Å²) in [6.07, 6.45) is 2.59. The van der Waals surface area contributed by atoms with Crippen LogP contribution in [0.25, 0.3) is 6.08 Å². The van der Waals surface area contributed by atoms with Crippen LogP contribution >= 0.6 is 0 Å². The summed E-state index contributed by atoms with van der Waals surface area (Å²) in [5.41, 5.74) is 0.981. The zero-order valence-electron chi connectivity index (χ0n) is 16.7. The molecule has 0 heterocycles. The van der Waals surface area contributed by atoms with Gasteiger partial charge in [0.25, 0.3) is 5.91 Å². The molecule has 0 aliphatic rings. The third-order valence-corrected chi connectivity index (χ3v) is 6.17. The average Bonchev–Trinajstić information content (AvgIpc) is 2.73. The maximum atomic E-state index is 12.8. The molecule has 30 heavy (non-hydrogen) atoms. The van der Waals surface area contributed by atoms with Gasteiger partial charge in [0.05, 0.1) is 4.90 Å². The van der Waals surface area contributed by atoms with Crippen LogP contribution < -0.4 is 5.32 Å². The van der Waals surface area contributed by atoms with Crippen LogP contribution in [0.15, 0.2) is 59.5 Å². The topological polar surface area (TPSA) is 92.8 Å². The minimum atomic E-state index is -3.54. The molecular weight excluding hydrogens is 411 g/mol. The van der Waals surface area contributed by atoms with Crippen molar-refractivity contribution in [3.05, 3.63) is 66.0 Å². The molecule has 2 aromatic carbocycles. The normalized spacial score (nSPS) is 11.6. The molecule has 0 fully saturated rings. The summed E-state index contributed by atoms with van der Waals surface area (Å²) in [5, 5.41) is 2.47. The summed E-state index contributed by atoms with van der Waals surface area (Å²) >= 11 is 0. The van der Waals surface area contributed by atoms with E-state index < -0.39 is 34.3 Å². The summed E-state index contributed by atoms with van der Waals surface area (Å²) in [5.74, 6) is -1.72. The van der Waals surface area contributed by atoms with E-state index in [1.165, 1.54) is 46.8 Å². The van der Waals surface area contributed by atoms with Crippen molar-refractivity contribution in [1.29, 1.82) is 0 Å². The number of ether oxygens (including phenoxy) is 1. The van der Waals surface area contributed by atoms with Crippen molar-refractivity contribution in [3.8, 4) is 0 Å². The fourth-order valence-corrected chi connectivity index (χ4v) is 4.00.